The first-order valence-corrected chi connectivity index (χ1v) is 6.47. The standard InChI is InChI=1S/C15H14F2N2O2/c1-2-13(10-6-4-3-5-7-10)18-14-9-15(19(20)21)12(17)8-11(14)16/h3-9,13,18H,2H2,1H3. The Morgan fingerprint density at radius 1 is 1.19 bits per heavy atom. The number of nitrogens with one attached hydrogen (secondary N) is 1. The van der Waals surface area contributed by atoms with Crippen LogP contribution in [-0.4, -0.2) is 4.92 Å². The van der Waals surface area contributed by atoms with Gasteiger partial charge in [-0.1, -0.05) is 37.3 Å². The Hall–Kier alpha value is -2.50. The third-order valence-electron chi connectivity index (χ3n) is 3.17. The molecular formula is C15H14F2N2O2. The molecule has 1 atom stereocenters. The Kier molecular flexibility index (Phi) is 4.47. The molecule has 0 bridgehead atoms. The molecule has 0 aliphatic carbocycles. The Morgan fingerprint density at radius 3 is 2.43 bits per heavy atom. The zero-order chi connectivity index (χ0) is 15.4. The molecule has 0 aliphatic rings. The van der Waals surface area contributed by atoms with Gasteiger partial charge in [0.2, 0.25) is 5.82 Å². The van der Waals surface area contributed by atoms with E-state index in [9.17, 15) is 18.9 Å². The summed E-state index contributed by atoms with van der Waals surface area (Å²) >= 11 is 0. The van der Waals surface area contributed by atoms with E-state index in [1.165, 1.54) is 0 Å². The molecule has 2 aromatic rings. The topological polar surface area (TPSA) is 55.2 Å². The van der Waals surface area contributed by atoms with E-state index in [1.54, 1.807) is 0 Å². The van der Waals surface area contributed by atoms with Crippen molar-refractivity contribution in [3.05, 3.63) is 69.8 Å². The van der Waals surface area contributed by atoms with Crippen LogP contribution in [0.2, 0.25) is 0 Å². The normalized spacial score (nSPS) is 12.0. The van der Waals surface area contributed by atoms with Crippen molar-refractivity contribution in [3.63, 3.8) is 0 Å². The molecule has 0 heterocycles. The fraction of sp³-hybridized carbons (Fsp3) is 0.200. The molecule has 0 aliphatic heterocycles. The minimum atomic E-state index is -1.18. The fourth-order valence-electron chi connectivity index (χ4n) is 2.08. The smallest absolute Gasteiger partial charge is 0.307 e. The number of hydrogen-bond acceptors (Lipinski definition) is 3. The van der Waals surface area contributed by atoms with Crippen molar-refractivity contribution in [2.75, 3.05) is 5.32 Å². The van der Waals surface area contributed by atoms with Gasteiger partial charge in [-0.05, 0) is 12.0 Å². The molecule has 0 spiro atoms. The average molecular weight is 292 g/mol. The second-order valence-corrected chi connectivity index (χ2v) is 4.56. The second-order valence-electron chi connectivity index (χ2n) is 4.56. The van der Waals surface area contributed by atoms with E-state index in [-0.39, 0.29) is 11.7 Å². The summed E-state index contributed by atoms with van der Waals surface area (Å²) in [5, 5.41) is 13.6. The zero-order valence-electron chi connectivity index (χ0n) is 11.3. The molecule has 6 heteroatoms. The van der Waals surface area contributed by atoms with Crippen LogP contribution in [0.3, 0.4) is 0 Å². The molecule has 0 fully saturated rings. The van der Waals surface area contributed by atoms with Gasteiger partial charge in [0, 0.05) is 12.1 Å². The van der Waals surface area contributed by atoms with Crippen molar-refractivity contribution in [1.29, 1.82) is 0 Å². The predicted octanol–water partition coefficient (Wildman–Crippen LogP) is 4.44. The van der Waals surface area contributed by atoms with Crippen LogP contribution in [0.4, 0.5) is 20.2 Å². The predicted molar refractivity (Wildman–Crippen MR) is 76.1 cm³/mol. The highest BCUT2D eigenvalue weighted by Gasteiger charge is 2.20. The van der Waals surface area contributed by atoms with Crippen LogP contribution in [0.1, 0.15) is 24.9 Å². The fourth-order valence-corrected chi connectivity index (χ4v) is 2.08. The van der Waals surface area contributed by atoms with Gasteiger partial charge < -0.3 is 5.32 Å². The Labute approximate surface area is 120 Å². The van der Waals surface area contributed by atoms with Crippen LogP contribution in [0.25, 0.3) is 0 Å². The molecule has 2 rings (SSSR count). The highest BCUT2D eigenvalue weighted by molar-refractivity contribution is 5.54. The van der Waals surface area contributed by atoms with Crippen LogP contribution in [0, 0.1) is 21.7 Å². The number of halogens is 2. The molecule has 0 amide bonds. The second kappa shape index (κ2) is 6.30. The van der Waals surface area contributed by atoms with Gasteiger partial charge in [0.05, 0.1) is 16.7 Å². The van der Waals surface area contributed by atoms with Crippen molar-refractivity contribution in [3.8, 4) is 0 Å². The Morgan fingerprint density at radius 2 is 1.86 bits per heavy atom. The first kappa shape index (κ1) is 14.9. The van der Waals surface area contributed by atoms with Crippen LogP contribution in [0.5, 0.6) is 0 Å². The Balaban J connectivity index is 2.34. The lowest BCUT2D eigenvalue weighted by molar-refractivity contribution is -0.387. The maximum atomic E-state index is 13.8. The number of nitrogens with zero attached hydrogens (tertiary/aromatic N) is 1. The van der Waals surface area contributed by atoms with Gasteiger partial charge >= 0.3 is 5.69 Å². The average Bonchev–Trinajstić information content (AvgIpc) is 2.47. The molecule has 0 radical (unpaired) electrons. The maximum Gasteiger partial charge on any atom is 0.307 e. The zero-order valence-corrected chi connectivity index (χ0v) is 11.3. The summed E-state index contributed by atoms with van der Waals surface area (Å²) in [7, 11) is 0. The molecule has 1 N–H and O–H groups in total. The first-order valence-electron chi connectivity index (χ1n) is 6.47. The van der Waals surface area contributed by atoms with Crippen molar-refractivity contribution in [1.82, 2.24) is 0 Å². The van der Waals surface area contributed by atoms with Crippen molar-refractivity contribution < 1.29 is 13.7 Å². The van der Waals surface area contributed by atoms with Gasteiger partial charge in [0.15, 0.2) is 0 Å². The highest BCUT2D eigenvalue weighted by atomic mass is 19.1. The minimum Gasteiger partial charge on any atom is -0.376 e. The summed E-state index contributed by atoms with van der Waals surface area (Å²) in [5.74, 6) is -2.04. The quantitative estimate of drug-likeness (QED) is 0.655. The molecule has 0 aromatic heterocycles. The summed E-state index contributed by atoms with van der Waals surface area (Å²) < 4.78 is 27.1. The molecule has 4 nitrogen and oxygen atoms in total. The number of nitro groups is 1. The third-order valence-corrected chi connectivity index (χ3v) is 3.17. The molecular weight excluding hydrogens is 278 g/mol. The molecule has 1 unspecified atom stereocenters. The molecule has 110 valence electrons. The first-order chi connectivity index (χ1) is 10.0. The number of anilines is 1. The van der Waals surface area contributed by atoms with Crippen molar-refractivity contribution in [2.45, 2.75) is 19.4 Å². The largest absolute Gasteiger partial charge is 0.376 e. The van der Waals surface area contributed by atoms with Gasteiger partial charge in [-0.25, -0.2) is 4.39 Å². The lowest BCUT2D eigenvalue weighted by atomic mass is 10.0. The van der Waals surface area contributed by atoms with Crippen LogP contribution in [-0.2, 0) is 0 Å². The van der Waals surface area contributed by atoms with Gasteiger partial charge in [-0.15, -0.1) is 0 Å². The molecule has 0 saturated carbocycles. The summed E-state index contributed by atoms with van der Waals surface area (Å²) in [6, 6.07) is 10.5. The van der Waals surface area contributed by atoms with Gasteiger partial charge in [0.1, 0.15) is 5.82 Å². The Bertz CT molecular complexity index is 648. The number of benzene rings is 2. The van der Waals surface area contributed by atoms with Crippen molar-refractivity contribution in [2.24, 2.45) is 0 Å². The van der Waals surface area contributed by atoms with E-state index in [4.69, 9.17) is 0 Å². The van der Waals surface area contributed by atoms with Crippen LogP contribution >= 0.6 is 0 Å². The summed E-state index contributed by atoms with van der Waals surface area (Å²) in [6.07, 6.45) is 0.647. The summed E-state index contributed by atoms with van der Waals surface area (Å²) in [6.45, 7) is 1.90. The van der Waals surface area contributed by atoms with E-state index < -0.39 is 22.2 Å². The van der Waals surface area contributed by atoms with Crippen LogP contribution < -0.4 is 5.32 Å². The van der Waals surface area contributed by atoms with E-state index in [0.29, 0.717) is 12.5 Å². The maximum absolute atomic E-state index is 13.8. The number of nitro benzene ring substituents is 1. The van der Waals surface area contributed by atoms with Gasteiger partial charge in [-0.3, -0.25) is 10.1 Å². The summed E-state index contributed by atoms with van der Waals surface area (Å²) in [4.78, 5) is 9.85. The molecule has 0 saturated heterocycles. The van der Waals surface area contributed by atoms with E-state index in [0.717, 1.165) is 11.6 Å². The number of hydrogen-bond donors (Lipinski definition) is 1. The third kappa shape index (κ3) is 3.34. The minimum absolute atomic E-state index is 0.0844. The van der Waals surface area contributed by atoms with E-state index >= 15 is 0 Å². The lowest BCUT2D eigenvalue weighted by Gasteiger charge is -2.19. The van der Waals surface area contributed by atoms with E-state index in [1.807, 2.05) is 37.3 Å². The SMILES string of the molecule is CCC(Nc1cc([N+](=O)[O-])c(F)cc1F)c1ccccc1. The monoisotopic (exact) mass is 292 g/mol. The molecule has 21 heavy (non-hydrogen) atoms. The number of rotatable bonds is 5. The van der Waals surface area contributed by atoms with Crippen LogP contribution in [0.15, 0.2) is 42.5 Å². The summed E-state index contributed by atoms with van der Waals surface area (Å²) in [5.41, 5.74) is 0.0898. The molecule has 2 aromatic carbocycles. The van der Waals surface area contributed by atoms with E-state index in [2.05, 4.69) is 5.32 Å². The van der Waals surface area contributed by atoms with Gasteiger partial charge in [-0.2, -0.15) is 4.39 Å². The van der Waals surface area contributed by atoms with Gasteiger partial charge in [0.25, 0.3) is 0 Å². The lowest BCUT2D eigenvalue weighted by Crippen LogP contribution is -2.11. The highest BCUT2D eigenvalue weighted by Crippen LogP contribution is 2.29. The van der Waals surface area contributed by atoms with Crippen molar-refractivity contribution >= 4 is 11.4 Å².